The van der Waals surface area contributed by atoms with Gasteiger partial charge in [-0.1, -0.05) is 255 Å². The van der Waals surface area contributed by atoms with Crippen molar-refractivity contribution in [3.63, 3.8) is 0 Å². The van der Waals surface area contributed by atoms with E-state index in [4.69, 9.17) is 8.83 Å². The van der Waals surface area contributed by atoms with Gasteiger partial charge in [0.1, 0.15) is 22.3 Å². The van der Waals surface area contributed by atoms with Crippen molar-refractivity contribution in [3.8, 4) is 83.6 Å². The number of furan rings is 2. The van der Waals surface area contributed by atoms with E-state index in [1.54, 1.807) is 0 Å². The first kappa shape index (κ1) is 46.9. The summed E-state index contributed by atoms with van der Waals surface area (Å²) in [5, 5.41) is 11.7. The van der Waals surface area contributed by atoms with Crippen LogP contribution in [0, 0.1) is 0 Å². The van der Waals surface area contributed by atoms with Crippen molar-refractivity contribution < 1.29 is 8.83 Å². The molecule has 0 amide bonds. The van der Waals surface area contributed by atoms with Crippen molar-refractivity contribution in [2.45, 2.75) is 0 Å². The maximum absolute atomic E-state index is 7.01. The zero-order chi connectivity index (χ0) is 54.5. The first-order valence-electron chi connectivity index (χ1n) is 28.5. The first-order valence-corrected chi connectivity index (χ1v) is 28.5. The lowest BCUT2D eigenvalue weighted by molar-refractivity contribution is 0.670. The molecule has 17 rings (SSSR count). The molecule has 3 heteroatoms. The molecule has 0 aliphatic rings. The van der Waals surface area contributed by atoms with Crippen LogP contribution in [0.5, 0.6) is 0 Å². The molecule has 3 nitrogen and oxygen atoms in total. The molecule has 0 radical (unpaired) electrons. The topological polar surface area (TPSA) is 31.2 Å². The van der Waals surface area contributed by atoms with Crippen molar-refractivity contribution in [1.29, 1.82) is 0 Å². The van der Waals surface area contributed by atoms with Crippen LogP contribution < -0.4 is 0 Å². The van der Waals surface area contributed by atoms with Crippen molar-refractivity contribution in [1.82, 2.24) is 4.57 Å². The average molecular weight is 1060 g/mol. The summed E-state index contributed by atoms with van der Waals surface area (Å²) < 4.78 is 16.4. The van der Waals surface area contributed by atoms with Crippen molar-refractivity contribution >= 4 is 87.2 Å². The van der Waals surface area contributed by atoms with Crippen molar-refractivity contribution in [2.75, 3.05) is 0 Å². The minimum Gasteiger partial charge on any atom is -0.455 e. The predicted octanol–water partition coefficient (Wildman–Crippen LogP) is 22.6. The Bertz CT molecular complexity index is 5190. The third kappa shape index (κ3) is 7.45. The van der Waals surface area contributed by atoms with Gasteiger partial charge in [0.2, 0.25) is 0 Å². The third-order valence-electron chi connectivity index (χ3n) is 17.2. The largest absolute Gasteiger partial charge is 0.455 e. The number of aromatic nitrogens is 1. The fourth-order valence-corrected chi connectivity index (χ4v) is 13.4. The number of nitrogens with zero attached hydrogens (tertiary/aromatic N) is 1. The van der Waals surface area contributed by atoms with E-state index in [1.807, 2.05) is 0 Å². The summed E-state index contributed by atoms with van der Waals surface area (Å²) in [5.41, 5.74) is 22.8. The van der Waals surface area contributed by atoms with E-state index in [-0.39, 0.29) is 0 Å². The zero-order valence-electron chi connectivity index (χ0n) is 45.1. The Balaban J connectivity index is 0.845. The molecule has 0 saturated heterocycles. The molecule has 0 fully saturated rings. The maximum Gasteiger partial charge on any atom is 0.143 e. The van der Waals surface area contributed by atoms with E-state index in [2.05, 4.69) is 302 Å². The fraction of sp³-hybridized carbons (Fsp3) is 0. The lowest BCUT2D eigenvalue weighted by Crippen LogP contribution is -1.94. The normalized spacial score (nSPS) is 11.9. The molecule has 14 aromatic carbocycles. The SMILES string of the molecule is c1ccc(-c2c3ccccc3c(-c3ccccc3)c3cc(-c4ccc(-n5c6ccc(-c7cccc8c7oc7c(-c9ccccc9)cccc78)cc6c6cc(-c7cccc8c7oc7c(-c9ccccc9)cccc78)ccc65)cc4)ccc23)cc1. The summed E-state index contributed by atoms with van der Waals surface area (Å²) in [6, 6.07) is 108. The quantitative estimate of drug-likeness (QED) is 0.142. The molecular formula is C80H49NO2. The molecule has 83 heavy (non-hydrogen) atoms. The van der Waals surface area contributed by atoms with Gasteiger partial charge in [-0.05, 0) is 120 Å². The van der Waals surface area contributed by atoms with Gasteiger partial charge in [0.15, 0.2) is 0 Å². The highest BCUT2D eigenvalue weighted by atomic mass is 16.3. The smallest absolute Gasteiger partial charge is 0.143 e. The van der Waals surface area contributed by atoms with E-state index >= 15 is 0 Å². The molecule has 3 heterocycles. The Hall–Kier alpha value is -11.0. The molecule has 0 bridgehead atoms. The number of benzene rings is 14. The number of hydrogen-bond donors (Lipinski definition) is 0. The van der Waals surface area contributed by atoms with Gasteiger partial charge in [0.05, 0.1) is 11.0 Å². The van der Waals surface area contributed by atoms with Crippen LogP contribution in [0.3, 0.4) is 0 Å². The molecule has 0 N–H and O–H groups in total. The summed E-state index contributed by atoms with van der Waals surface area (Å²) in [4.78, 5) is 0. The number of hydrogen-bond acceptors (Lipinski definition) is 2. The van der Waals surface area contributed by atoms with Crippen LogP contribution in [0.25, 0.3) is 171 Å². The summed E-state index contributed by atoms with van der Waals surface area (Å²) in [5.74, 6) is 0. The second kappa shape index (κ2) is 18.8. The Morgan fingerprint density at radius 1 is 0.193 bits per heavy atom. The summed E-state index contributed by atoms with van der Waals surface area (Å²) in [6.07, 6.45) is 0. The Kier molecular flexibility index (Phi) is 10.6. The number of fused-ring (bicyclic) bond motifs is 11. The molecule has 0 saturated carbocycles. The van der Waals surface area contributed by atoms with Crippen LogP contribution in [-0.2, 0) is 0 Å². The minimum absolute atomic E-state index is 0.880. The average Bonchev–Trinajstić information content (AvgIpc) is 4.24. The van der Waals surface area contributed by atoms with Gasteiger partial charge in [-0.25, -0.2) is 0 Å². The molecule has 0 atom stereocenters. The molecule has 386 valence electrons. The van der Waals surface area contributed by atoms with Gasteiger partial charge in [-0.2, -0.15) is 0 Å². The summed E-state index contributed by atoms with van der Waals surface area (Å²) in [7, 11) is 0. The van der Waals surface area contributed by atoms with Crippen LogP contribution in [0.2, 0.25) is 0 Å². The van der Waals surface area contributed by atoms with Crippen LogP contribution >= 0.6 is 0 Å². The zero-order valence-corrected chi connectivity index (χ0v) is 45.1. The monoisotopic (exact) mass is 1060 g/mol. The van der Waals surface area contributed by atoms with E-state index in [0.717, 1.165) is 121 Å². The number of para-hydroxylation sites is 4. The van der Waals surface area contributed by atoms with Crippen LogP contribution in [0.4, 0.5) is 0 Å². The molecule has 0 aliphatic heterocycles. The second-order valence-electron chi connectivity index (χ2n) is 21.8. The highest BCUT2D eigenvalue weighted by Gasteiger charge is 2.22. The highest BCUT2D eigenvalue weighted by molar-refractivity contribution is 6.22. The third-order valence-corrected chi connectivity index (χ3v) is 17.2. The minimum atomic E-state index is 0.880. The fourth-order valence-electron chi connectivity index (χ4n) is 13.4. The van der Waals surface area contributed by atoms with Crippen LogP contribution in [0.15, 0.2) is 306 Å². The predicted molar refractivity (Wildman–Crippen MR) is 348 cm³/mol. The number of rotatable bonds is 8. The van der Waals surface area contributed by atoms with E-state index in [9.17, 15) is 0 Å². The van der Waals surface area contributed by atoms with E-state index in [1.165, 1.54) is 49.4 Å². The Labute approximate surface area is 478 Å². The first-order chi connectivity index (χ1) is 41.2. The molecule has 0 unspecified atom stereocenters. The van der Waals surface area contributed by atoms with Crippen molar-refractivity contribution in [2.24, 2.45) is 0 Å². The second-order valence-corrected chi connectivity index (χ2v) is 21.8. The maximum atomic E-state index is 7.01. The standard InChI is InChI=1S/C80H49NO2/c1-5-19-51(20-6-1)59-29-15-33-66-68-35-17-31-61(79(68)82-77(59)66)56-40-45-73-70(48-56)71-49-57(62-32-18-36-69-67-34-16-30-60(78(67)83-80(62)69)52-21-7-2-8-22-52)41-46-74(71)81(73)58-42-37-50(38-43-58)55-39-44-65-72(47-55)76(54-25-11-4-12-26-54)64-28-14-13-27-63(64)75(65)53-23-9-3-10-24-53/h1-49H. The van der Waals surface area contributed by atoms with Crippen LogP contribution in [0.1, 0.15) is 0 Å². The van der Waals surface area contributed by atoms with Gasteiger partial charge < -0.3 is 13.4 Å². The molecule has 0 spiro atoms. The molecular weight excluding hydrogens is 1010 g/mol. The Morgan fingerprint density at radius 2 is 0.518 bits per heavy atom. The highest BCUT2D eigenvalue weighted by Crippen LogP contribution is 2.47. The van der Waals surface area contributed by atoms with Crippen LogP contribution in [-0.4, -0.2) is 4.57 Å². The lowest BCUT2D eigenvalue weighted by Gasteiger charge is -2.19. The van der Waals surface area contributed by atoms with Gasteiger partial charge in [0, 0.05) is 60.3 Å². The van der Waals surface area contributed by atoms with E-state index < -0.39 is 0 Å². The summed E-state index contributed by atoms with van der Waals surface area (Å²) in [6.45, 7) is 0. The molecule has 0 aliphatic carbocycles. The van der Waals surface area contributed by atoms with Gasteiger partial charge in [-0.3, -0.25) is 0 Å². The van der Waals surface area contributed by atoms with Gasteiger partial charge in [0.25, 0.3) is 0 Å². The van der Waals surface area contributed by atoms with Crippen molar-refractivity contribution in [3.05, 3.63) is 297 Å². The summed E-state index contributed by atoms with van der Waals surface area (Å²) >= 11 is 0. The van der Waals surface area contributed by atoms with Gasteiger partial charge >= 0.3 is 0 Å². The van der Waals surface area contributed by atoms with E-state index in [0.29, 0.717) is 0 Å². The Morgan fingerprint density at radius 3 is 0.952 bits per heavy atom. The lowest BCUT2D eigenvalue weighted by atomic mass is 9.85. The van der Waals surface area contributed by atoms with Gasteiger partial charge in [-0.15, -0.1) is 0 Å². The molecule has 17 aromatic rings. The molecule has 3 aromatic heterocycles.